The van der Waals surface area contributed by atoms with E-state index >= 15 is 0 Å². The Morgan fingerprint density at radius 2 is 1.73 bits per heavy atom. The minimum Gasteiger partial charge on any atom is -0.492 e. The maximum absolute atomic E-state index is 12.5. The number of ether oxygens (including phenoxy) is 2. The molecule has 0 bridgehead atoms. The van der Waals surface area contributed by atoms with Gasteiger partial charge in [-0.25, -0.2) is 0 Å². The Labute approximate surface area is 158 Å². The molecule has 0 aromatic heterocycles. The molecule has 1 amide bonds. The third-order valence-corrected chi connectivity index (χ3v) is 4.06. The van der Waals surface area contributed by atoms with Crippen molar-refractivity contribution >= 4 is 23.5 Å². The maximum Gasteiger partial charge on any atom is 0.325 e. The molecule has 26 heavy (non-hydrogen) atoms. The number of methoxy groups -OCH3 is 1. The topological polar surface area (TPSA) is 55.8 Å². The molecule has 2 aromatic rings. The van der Waals surface area contributed by atoms with Crippen LogP contribution in [0, 0.1) is 0 Å². The molecule has 0 saturated carbocycles. The van der Waals surface area contributed by atoms with Gasteiger partial charge in [0.05, 0.1) is 18.7 Å². The number of halogens is 1. The zero-order chi connectivity index (χ0) is 18.8. The van der Waals surface area contributed by atoms with Crippen molar-refractivity contribution in [1.29, 1.82) is 0 Å². The number of rotatable bonds is 9. The smallest absolute Gasteiger partial charge is 0.325 e. The number of amides is 1. The summed E-state index contributed by atoms with van der Waals surface area (Å²) >= 11 is 6.03. The molecular weight excluding hydrogens is 354 g/mol. The van der Waals surface area contributed by atoms with Gasteiger partial charge in [0.25, 0.3) is 0 Å². The molecule has 6 heteroatoms. The van der Waals surface area contributed by atoms with E-state index in [2.05, 4.69) is 0 Å². The predicted octanol–water partition coefficient (Wildman–Crippen LogP) is 3.70. The number of esters is 1. The second-order valence-electron chi connectivity index (χ2n) is 5.69. The van der Waals surface area contributed by atoms with Crippen molar-refractivity contribution in [2.45, 2.75) is 19.4 Å². The van der Waals surface area contributed by atoms with Crippen LogP contribution >= 0.6 is 11.6 Å². The molecule has 0 saturated heterocycles. The molecule has 0 aliphatic heterocycles. The maximum atomic E-state index is 12.5. The van der Waals surface area contributed by atoms with Crippen molar-refractivity contribution in [2.24, 2.45) is 0 Å². The van der Waals surface area contributed by atoms with E-state index in [1.54, 1.807) is 12.1 Å². The van der Waals surface area contributed by atoms with Crippen molar-refractivity contribution in [3.63, 3.8) is 0 Å². The van der Waals surface area contributed by atoms with E-state index in [1.165, 1.54) is 12.0 Å². The zero-order valence-corrected chi connectivity index (χ0v) is 15.4. The molecule has 0 spiro atoms. The third-order valence-electron chi connectivity index (χ3n) is 3.75. The van der Waals surface area contributed by atoms with Crippen molar-refractivity contribution < 1.29 is 19.1 Å². The molecular formula is C20H22ClNO4. The summed E-state index contributed by atoms with van der Waals surface area (Å²) in [7, 11) is 1.31. The van der Waals surface area contributed by atoms with E-state index in [1.807, 2.05) is 42.5 Å². The Bertz CT molecular complexity index is 721. The number of nitrogens with zero attached hydrogens (tertiary/aromatic N) is 1. The monoisotopic (exact) mass is 375 g/mol. The second-order valence-corrected chi connectivity index (χ2v) is 6.10. The summed E-state index contributed by atoms with van der Waals surface area (Å²) < 4.78 is 10.3. The van der Waals surface area contributed by atoms with E-state index in [4.69, 9.17) is 21.1 Å². The van der Waals surface area contributed by atoms with Gasteiger partial charge in [0, 0.05) is 13.0 Å². The summed E-state index contributed by atoms with van der Waals surface area (Å²) in [6.45, 7) is 0.655. The molecule has 5 nitrogen and oxygen atoms in total. The molecule has 2 aromatic carbocycles. The van der Waals surface area contributed by atoms with Crippen molar-refractivity contribution in [1.82, 2.24) is 4.90 Å². The average molecular weight is 376 g/mol. The first kappa shape index (κ1) is 19.8. The van der Waals surface area contributed by atoms with Gasteiger partial charge < -0.3 is 14.4 Å². The van der Waals surface area contributed by atoms with Gasteiger partial charge in [-0.3, -0.25) is 9.59 Å². The number of benzene rings is 2. The highest BCUT2D eigenvalue weighted by molar-refractivity contribution is 6.32. The SMILES string of the molecule is COC(=O)CN(Cc1ccccc1)C(=O)CCCOc1ccccc1Cl. The quantitative estimate of drug-likeness (QED) is 0.495. The van der Waals surface area contributed by atoms with Gasteiger partial charge in [0.1, 0.15) is 12.3 Å². The van der Waals surface area contributed by atoms with Gasteiger partial charge in [-0.2, -0.15) is 0 Å². The Balaban J connectivity index is 1.87. The van der Waals surface area contributed by atoms with E-state index < -0.39 is 5.97 Å². The Morgan fingerprint density at radius 3 is 2.42 bits per heavy atom. The lowest BCUT2D eigenvalue weighted by molar-refractivity contribution is -0.147. The van der Waals surface area contributed by atoms with Crippen LogP contribution in [-0.4, -0.2) is 37.0 Å². The van der Waals surface area contributed by atoms with E-state index in [-0.39, 0.29) is 18.9 Å². The molecule has 2 rings (SSSR count). The average Bonchev–Trinajstić information content (AvgIpc) is 2.66. The molecule has 0 radical (unpaired) electrons. The van der Waals surface area contributed by atoms with E-state index in [9.17, 15) is 9.59 Å². The first-order valence-electron chi connectivity index (χ1n) is 8.36. The lowest BCUT2D eigenvalue weighted by atomic mass is 10.2. The van der Waals surface area contributed by atoms with Crippen LogP contribution in [0.2, 0.25) is 5.02 Å². The number of carbonyl (C=O) groups excluding carboxylic acids is 2. The summed E-state index contributed by atoms with van der Waals surface area (Å²) in [5.41, 5.74) is 0.956. The van der Waals surface area contributed by atoms with Crippen LogP contribution < -0.4 is 4.74 Å². The highest BCUT2D eigenvalue weighted by Gasteiger charge is 2.17. The van der Waals surface area contributed by atoms with Crippen molar-refractivity contribution in [3.8, 4) is 5.75 Å². The molecule has 0 unspecified atom stereocenters. The van der Waals surface area contributed by atoms with Gasteiger partial charge in [0.15, 0.2) is 0 Å². The molecule has 138 valence electrons. The first-order chi connectivity index (χ1) is 12.6. The fourth-order valence-corrected chi connectivity index (χ4v) is 2.57. The lowest BCUT2D eigenvalue weighted by Crippen LogP contribution is -2.35. The summed E-state index contributed by atoms with van der Waals surface area (Å²) in [6.07, 6.45) is 0.796. The Morgan fingerprint density at radius 1 is 1.04 bits per heavy atom. The largest absolute Gasteiger partial charge is 0.492 e. The summed E-state index contributed by atoms with van der Waals surface area (Å²) in [4.78, 5) is 25.6. The third kappa shape index (κ3) is 6.41. The van der Waals surface area contributed by atoms with Crippen LogP contribution in [0.15, 0.2) is 54.6 Å². The van der Waals surface area contributed by atoms with Crippen LogP contribution in [0.4, 0.5) is 0 Å². The number of hydrogen-bond acceptors (Lipinski definition) is 4. The van der Waals surface area contributed by atoms with Crippen LogP contribution in [-0.2, 0) is 20.9 Å². The molecule has 0 heterocycles. The minimum atomic E-state index is -0.443. The number of carbonyl (C=O) groups is 2. The standard InChI is InChI=1S/C20H22ClNO4/c1-25-20(24)15-22(14-16-8-3-2-4-9-16)19(23)12-7-13-26-18-11-6-5-10-17(18)21/h2-6,8-11H,7,12-15H2,1H3. The lowest BCUT2D eigenvalue weighted by Gasteiger charge is -2.21. The fraction of sp³-hybridized carbons (Fsp3) is 0.300. The van der Waals surface area contributed by atoms with Gasteiger partial charge in [-0.1, -0.05) is 54.1 Å². The van der Waals surface area contributed by atoms with Gasteiger partial charge in [0.2, 0.25) is 5.91 Å². The normalized spacial score (nSPS) is 10.2. The van der Waals surface area contributed by atoms with Gasteiger partial charge in [-0.15, -0.1) is 0 Å². The van der Waals surface area contributed by atoms with Crippen molar-refractivity contribution in [3.05, 3.63) is 65.2 Å². The van der Waals surface area contributed by atoms with Crippen LogP contribution in [0.3, 0.4) is 0 Å². The predicted molar refractivity (Wildman–Crippen MR) is 100 cm³/mol. The zero-order valence-electron chi connectivity index (χ0n) is 14.7. The minimum absolute atomic E-state index is 0.0738. The second kappa shape index (κ2) is 10.5. The Hall–Kier alpha value is -2.53. The number of para-hydroxylation sites is 1. The highest BCUT2D eigenvalue weighted by Crippen LogP contribution is 2.23. The van der Waals surface area contributed by atoms with Crippen molar-refractivity contribution in [2.75, 3.05) is 20.3 Å². The van der Waals surface area contributed by atoms with E-state index in [0.717, 1.165) is 5.56 Å². The fourth-order valence-electron chi connectivity index (χ4n) is 2.38. The molecule has 0 aliphatic rings. The molecule has 0 fully saturated rings. The van der Waals surface area contributed by atoms with Crippen LogP contribution in [0.25, 0.3) is 0 Å². The summed E-state index contributed by atoms with van der Waals surface area (Å²) in [6, 6.07) is 16.7. The summed E-state index contributed by atoms with van der Waals surface area (Å²) in [5, 5.41) is 0.537. The van der Waals surface area contributed by atoms with Gasteiger partial charge >= 0.3 is 5.97 Å². The van der Waals surface area contributed by atoms with E-state index in [0.29, 0.717) is 30.3 Å². The summed E-state index contributed by atoms with van der Waals surface area (Å²) in [5.74, 6) is 0.0286. The highest BCUT2D eigenvalue weighted by atomic mass is 35.5. The van der Waals surface area contributed by atoms with Gasteiger partial charge in [-0.05, 0) is 24.1 Å². The Kier molecular flexibility index (Phi) is 7.96. The molecule has 0 atom stereocenters. The molecule has 0 N–H and O–H groups in total. The molecule has 0 aliphatic carbocycles. The van der Waals surface area contributed by atoms with Crippen LogP contribution in [0.1, 0.15) is 18.4 Å². The first-order valence-corrected chi connectivity index (χ1v) is 8.74. The number of hydrogen-bond donors (Lipinski definition) is 0. The van der Waals surface area contributed by atoms with Crippen LogP contribution in [0.5, 0.6) is 5.75 Å².